The van der Waals surface area contributed by atoms with Crippen LogP contribution in [0.5, 0.6) is 5.75 Å². The van der Waals surface area contributed by atoms with Gasteiger partial charge in [0.2, 0.25) is 0 Å². The van der Waals surface area contributed by atoms with Crippen LogP contribution in [-0.2, 0) is 6.54 Å². The lowest BCUT2D eigenvalue weighted by Gasteiger charge is -2.12. The third-order valence-corrected chi connectivity index (χ3v) is 5.88. The summed E-state index contributed by atoms with van der Waals surface area (Å²) in [5.74, 6) is -0.256. The van der Waals surface area contributed by atoms with Crippen molar-refractivity contribution in [3.63, 3.8) is 0 Å². The highest BCUT2D eigenvalue weighted by Gasteiger charge is 2.19. The Morgan fingerprint density at radius 1 is 1.12 bits per heavy atom. The number of carbonyl (C=O) groups excluding carboxylic acids is 1. The number of nitrogens with one attached hydrogen (secondary N) is 1. The summed E-state index contributed by atoms with van der Waals surface area (Å²) in [7, 11) is 0. The zero-order chi connectivity index (χ0) is 24.4. The molecule has 2 heterocycles. The molecule has 0 fully saturated rings. The van der Waals surface area contributed by atoms with Crippen molar-refractivity contribution >= 4 is 33.1 Å². The Labute approximate surface area is 198 Å². The van der Waals surface area contributed by atoms with Gasteiger partial charge in [0.1, 0.15) is 5.75 Å². The lowest BCUT2D eigenvalue weighted by Crippen LogP contribution is -2.29. The predicted molar refractivity (Wildman–Crippen MR) is 128 cm³/mol. The molecule has 2 aromatic carbocycles. The number of amides is 1. The highest BCUT2D eigenvalue weighted by Crippen LogP contribution is 2.32. The number of aromatic nitrogens is 3. The van der Waals surface area contributed by atoms with Crippen molar-refractivity contribution in [2.45, 2.75) is 33.9 Å². The molecule has 34 heavy (non-hydrogen) atoms. The summed E-state index contributed by atoms with van der Waals surface area (Å²) in [6, 6.07) is 13.0. The van der Waals surface area contributed by atoms with Crippen LogP contribution in [0.25, 0.3) is 22.0 Å². The summed E-state index contributed by atoms with van der Waals surface area (Å²) in [4.78, 5) is 31.3. The normalized spacial score (nSPS) is 11.4. The quantitative estimate of drug-likeness (QED) is 0.383. The van der Waals surface area contributed by atoms with Crippen molar-refractivity contribution in [2.24, 2.45) is 5.92 Å². The molecule has 176 valence electrons. The first-order valence-electron chi connectivity index (χ1n) is 10.6. The third kappa shape index (κ3) is 4.96. The summed E-state index contributed by atoms with van der Waals surface area (Å²) in [5.41, 5.74) is 1.21. The van der Waals surface area contributed by atoms with E-state index in [2.05, 4.69) is 20.1 Å². The monoisotopic (exact) mass is 484 g/mol. The third-order valence-electron chi connectivity index (χ3n) is 4.99. The second kappa shape index (κ2) is 9.68. The number of carbonyl (C=O) groups is 1. The van der Waals surface area contributed by atoms with Crippen molar-refractivity contribution in [3.8, 4) is 17.0 Å². The minimum Gasteiger partial charge on any atom is -0.435 e. The van der Waals surface area contributed by atoms with E-state index in [0.717, 1.165) is 4.88 Å². The summed E-state index contributed by atoms with van der Waals surface area (Å²) >= 11 is 1.28. The molecule has 10 heteroatoms. The van der Waals surface area contributed by atoms with Gasteiger partial charge >= 0.3 is 6.61 Å². The molecule has 0 saturated carbocycles. The Hall–Kier alpha value is -3.66. The van der Waals surface area contributed by atoms with Crippen LogP contribution in [0.4, 0.5) is 13.9 Å². The molecular formula is C24H22F2N4O3S. The molecule has 2 aromatic heterocycles. The molecule has 4 aromatic rings. The average Bonchev–Trinajstić information content (AvgIpc) is 3.15. The Bertz CT molecular complexity index is 1400. The van der Waals surface area contributed by atoms with Crippen LogP contribution in [0.3, 0.4) is 0 Å². The molecule has 1 amide bonds. The number of hydrogen-bond acceptors (Lipinski definition) is 6. The largest absolute Gasteiger partial charge is 0.435 e. The highest BCUT2D eigenvalue weighted by atomic mass is 32.1. The number of fused-ring (bicyclic) bond motifs is 1. The Kier molecular flexibility index (Phi) is 6.69. The standard InChI is InChI=1S/C24H22F2N4O3S/c1-13(2)12-30-22(32)18-7-5-4-6-17(18)20(29-30)21(31)28-24-27-19(14(3)34-24)15-8-10-16(11-9-15)33-23(25)26/h4-11,13,23H,12H2,1-3H3,(H,27,28,31). The van der Waals surface area contributed by atoms with Crippen LogP contribution >= 0.6 is 11.3 Å². The molecule has 0 aliphatic rings. The van der Waals surface area contributed by atoms with E-state index < -0.39 is 12.5 Å². The van der Waals surface area contributed by atoms with E-state index in [9.17, 15) is 18.4 Å². The van der Waals surface area contributed by atoms with Gasteiger partial charge in [0.15, 0.2) is 10.8 Å². The number of alkyl halides is 2. The fraction of sp³-hybridized carbons (Fsp3) is 0.250. The first kappa shape index (κ1) is 23.5. The van der Waals surface area contributed by atoms with Crippen molar-refractivity contribution in [1.29, 1.82) is 0 Å². The molecule has 7 nitrogen and oxygen atoms in total. The molecule has 0 bridgehead atoms. The van der Waals surface area contributed by atoms with Crippen molar-refractivity contribution in [3.05, 3.63) is 69.5 Å². The first-order chi connectivity index (χ1) is 16.2. The Morgan fingerprint density at radius 3 is 2.44 bits per heavy atom. The molecule has 0 aliphatic carbocycles. The Balaban J connectivity index is 1.64. The maximum Gasteiger partial charge on any atom is 0.387 e. The van der Waals surface area contributed by atoms with E-state index >= 15 is 0 Å². The molecule has 0 unspecified atom stereocenters. The summed E-state index contributed by atoms with van der Waals surface area (Å²) in [5, 5.41) is 8.38. The van der Waals surface area contributed by atoms with E-state index in [0.29, 0.717) is 33.7 Å². The van der Waals surface area contributed by atoms with E-state index in [4.69, 9.17) is 0 Å². The van der Waals surface area contributed by atoms with Gasteiger partial charge in [-0.15, -0.1) is 11.3 Å². The van der Waals surface area contributed by atoms with Gasteiger partial charge in [0.05, 0.1) is 11.1 Å². The molecule has 0 saturated heterocycles. The number of hydrogen-bond donors (Lipinski definition) is 1. The molecule has 4 rings (SSSR count). The van der Waals surface area contributed by atoms with Gasteiger partial charge in [-0.3, -0.25) is 14.9 Å². The Morgan fingerprint density at radius 2 is 1.79 bits per heavy atom. The lowest BCUT2D eigenvalue weighted by molar-refractivity contribution is -0.0498. The fourth-order valence-electron chi connectivity index (χ4n) is 3.54. The first-order valence-corrected chi connectivity index (χ1v) is 11.4. The number of thiazole rings is 1. The van der Waals surface area contributed by atoms with Crippen molar-refractivity contribution < 1.29 is 18.3 Å². The number of aryl methyl sites for hydroxylation is 1. The summed E-state index contributed by atoms with van der Waals surface area (Å²) in [6.07, 6.45) is 0. The van der Waals surface area contributed by atoms with Gasteiger partial charge in [-0.1, -0.05) is 32.0 Å². The van der Waals surface area contributed by atoms with Gasteiger partial charge in [0, 0.05) is 22.4 Å². The molecular weight excluding hydrogens is 462 g/mol. The van der Waals surface area contributed by atoms with Crippen LogP contribution in [0.15, 0.2) is 53.3 Å². The number of anilines is 1. The topological polar surface area (TPSA) is 86.1 Å². The fourth-order valence-corrected chi connectivity index (χ4v) is 4.37. The maximum atomic E-state index is 13.2. The molecule has 1 N–H and O–H groups in total. The zero-order valence-corrected chi connectivity index (χ0v) is 19.5. The molecule has 0 radical (unpaired) electrons. The van der Waals surface area contributed by atoms with Gasteiger partial charge in [-0.05, 0) is 43.2 Å². The molecule has 0 spiro atoms. The van der Waals surface area contributed by atoms with Crippen molar-refractivity contribution in [2.75, 3.05) is 5.32 Å². The second-order valence-electron chi connectivity index (χ2n) is 8.06. The number of rotatable bonds is 7. The van der Waals surface area contributed by atoms with Gasteiger partial charge in [-0.25, -0.2) is 9.67 Å². The van der Waals surface area contributed by atoms with E-state index in [1.54, 1.807) is 36.4 Å². The lowest BCUT2D eigenvalue weighted by atomic mass is 10.1. The highest BCUT2D eigenvalue weighted by molar-refractivity contribution is 7.16. The van der Waals surface area contributed by atoms with Crippen LogP contribution in [0, 0.1) is 12.8 Å². The van der Waals surface area contributed by atoms with Crippen LogP contribution in [0.1, 0.15) is 29.2 Å². The number of halogens is 2. The summed E-state index contributed by atoms with van der Waals surface area (Å²) in [6.45, 7) is 3.27. The number of nitrogens with zero attached hydrogens (tertiary/aromatic N) is 3. The van der Waals surface area contributed by atoms with Gasteiger partial charge < -0.3 is 4.74 Å². The smallest absolute Gasteiger partial charge is 0.387 e. The number of ether oxygens (including phenoxy) is 1. The minimum atomic E-state index is -2.90. The van der Waals surface area contributed by atoms with E-state index in [1.807, 2.05) is 20.8 Å². The zero-order valence-electron chi connectivity index (χ0n) is 18.7. The van der Waals surface area contributed by atoms with Crippen LogP contribution in [-0.4, -0.2) is 27.3 Å². The van der Waals surface area contributed by atoms with E-state index in [1.165, 1.54) is 28.2 Å². The average molecular weight is 485 g/mol. The van der Waals surface area contributed by atoms with Crippen LogP contribution in [0.2, 0.25) is 0 Å². The minimum absolute atomic E-state index is 0.0506. The van der Waals surface area contributed by atoms with Gasteiger partial charge in [-0.2, -0.15) is 13.9 Å². The van der Waals surface area contributed by atoms with Gasteiger partial charge in [0.25, 0.3) is 11.5 Å². The molecule has 0 atom stereocenters. The molecule has 0 aliphatic heterocycles. The van der Waals surface area contributed by atoms with Crippen molar-refractivity contribution in [1.82, 2.24) is 14.8 Å². The summed E-state index contributed by atoms with van der Waals surface area (Å²) < 4.78 is 30.5. The SMILES string of the molecule is Cc1sc(NC(=O)c2nn(CC(C)C)c(=O)c3ccccc23)nc1-c1ccc(OC(F)F)cc1. The predicted octanol–water partition coefficient (Wildman–Crippen LogP) is 5.34. The second-order valence-corrected chi connectivity index (χ2v) is 9.26. The van der Waals surface area contributed by atoms with Crippen LogP contribution < -0.4 is 15.6 Å². The number of benzene rings is 2. The maximum absolute atomic E-state index is 13.2. The van der Waals surface area contributed by atoms with E-state index in [-0.39, 0.29) is 22.9 Å².